The van der Waals surface area contributed by atoms with Crippen molar-refractivity contribution in [2.45, 2.75) is 19.3 Å². The molecule has 1 fully saturated rings. The van der Waals surface area contributed by atoms with Gasteiger partial charge >= 0.3 is 0 Å². The SMILES string of the molecule is O=C(Nc1cccc(Cl)c1Cl)c1cnc(N2CCCCC2)nc1. The Balaban J connectivity index is 1.71. The molecule has 0 saturated carbocycles. The second-order valence-electron chi connectivity index (χ2n) is 5.37. The summed E-state index contributed by atoms with van der Waals surface area (Å²) in [6.45, 7) is 1.92. The zero-order valence-electron chi connectivity index (χ0n) is 12.4. The molecule has 2 aromatic rings. The van der Waals surface area contributed by atoms with Gasteiger partial charge in [0.1, 0.15) is 0 Å². The van der Waals surface area contributed by atoms with Gasteiger partial charge < -0.3 is 10.2 Å². The van der Waals surface area contributed by atoms with Crippen molar-refractivity contribution in [1.29, 1.82) is 0 Å². The third-order valence-electron chi connectivity index (χ3n) is 3.74. The zero-order valence-corrected chi connectivity index (χ0v) is 13.9. The number of halogens is 2. The topological polar surface area (TPSA) is 58.1 Å². The molecule has 1 N–H and O–H groups in total. The van der Waals surface area contributed by atoms with E-state index in [2.05, 4.69) is 20.2 Å². The quantitative estimate of drug-likeness (QED) is 0.907. The number of piperidine rings is 1. The number of hydrogen-bond donors (Lipinski definition) is 1. The number of anilines is 2. The Morgan fingerprint density at radius 3 is 2.48 bits per heavy atom. The van der Waals surface area contributed by atoms with E-state index in [4.69, 9.17) is 23.2 Å². The van der Waals surface area contributed by atoms with Crippen molar-refractivity contribution in [3.05, 3.63) is 46.2 Å². The lowest BCUT2D eigenvalue weighted by atomic mass is 10.1. The molecule has 1 aliphatic heterocycles. The van der Waals surface area contributed by atoms with Crippen LogP contribution >= 0.6 is 23.2 Å². The van der Waals surface area contributed by atoms with Crippen LogP contribution in [0.15, 0.2) is 30.6 Å². The number of benzene rings is 1. The average Bonchev–Trinajstić information content (AvgIpc) is 2.60. The predicted molar refractivity (Wildman–Crippen MR) is 92.5 cm³/mol. The summed E-state index contributed by atoms with van der Waals surface area (Å²) in [5.74, 6) is 0.349. The monoisotopic (exact) mass is 350 g/mol. The molecular formula is C16H16Cl2N4O. The fraction of sp³-hybridized carbons (Fsp3) is 0.312. The van der Waals surface area contributed by atoms with Gasteiger partial charge in [0.2, 0.25) is 5.95 Å². The maximum absolute atomic E-state index is 12.3. The fourth-order valence-corrected chi connectivity index (χ4v) is 2.84. The Kier molecular flexibility index (Phi) is 4.98. The van der Waals surface area contributed by atoms with Gasteiger partial charge in [-0.1, -0.05) is 29.3 Å². The number of carbonyl (C=O) groups excluding carboxylic acids is 1. The maximum atomic E-state index is 12.3. The standard InChI is InChI=1S/C16H16Cl2N4O/c17-12-5-4-6-13(14(12)18)21-15(23)11-9-19-16(20-10-11)22-7-2-1-3-8-22/h4-6,9-10H,1-3,7-8H2,(H,21,23). The van der Waals surface area contributed by atoms with E-state index >= 15 is 0 Å². The third kappa shape index (κ3) is 3.74. The Morgan fingerprint density at radius 1 is 1.09 bits per heavy atom. The van der Waals surface area contributed by atoms with E-state index in [-0.39, 0.29) is 5.91 Å². The zero-order chi connectivity index (χ0) is 16.2. The maximum Gasteiger partial charge on any atom is 0.258 e. The molecule has 1 aromatic carbocycles. The van der Waals surface area contributed by atoms with Crippen molar-refractivity contribution in [3.8, 4) is 0 Å². The first kappa shape index (κ1) is 16.0. The number of aromatic nitrogens is 2. The van der Waals surface area contributed by atoms with Crippen molar-refractivity contribution in [1.82, 2.24) is 9.97 Å². The molecular weight excluding hydrogens is 335 g/mol. The molecule has 0 unspecified atom stereocenters. The summed E-state index contributed by atoms with van der Waals surface area (Å²) in [4.78, 5) is 23.0. The van der Waals surface area contributed by atoms with Crippen LogP contribution in [-0.2, 0) is 0 Å². The van der Waals surface area contributed by atoms with Crippen LogP contribution in [0.25, 0.3) is 0 Å². The summed E-state index contributed by atoms with van der Waals surface area (Å²) in [5, 5.41) is 3.42. The first-order valence-electron chi connectivity index (χ1n) is 7.47. The molecule has 5 nitrogen and oxygen atoms in total. The lowest BCUT2D eigenvalue weighted by Crippen LogP contribution is -2.31. The lowest BCUT2D eigenvalue weighted by Gasteiger charge is -2.26. The Bertz CT molecular complexity index is 700. The summed E-state index contributed by atoms with van der Waals surface area (Å²) >= 11 is 12.0. The predicted octanol–water partition coefficient (Wildman–Crippen LogP) is 4.03. The van der Waals surface area contributed by atoms with E-state index in [0.717, 1.165) is 25.9 Å². The molecule has 1 saturated heterocycles. The van der Waals surface area contributed by atoms with Crippen LogP contribution in [-0.4, -0.2) is 29.0 Å². The lowest BCUT2D eigenvalue weighted by molar-refractivity contribution is 0.102. The van der Waals surface area contributed by atoms with E-state index in [1.165, 1.54) is 18.8 Å². The summed E-state index contributed by atoms with van der Waals surface area (Å²) in [6, 6.07) is 5.07. The highest BCUT2D eigenvalue weighted by atomic mass is 35.5. The molecule has 2 heterocycles. The number of hydrogen-bond acceptors (Lipinski definition) is 4. The molecule has 1 amide bonds. The van der Waals surface area contributed by atoms with Crippen LogP contribution in [0.4, 0.5) is 11.6 Å². The average molecular weight is 351 g/mol. The normalized spacial score (nSPS) is 14.6. The summed E-state index contributed by atoms with van der Waals surface area (Å²) in [7, 11) is 0. The Labute approximate surface area is 144 Å². The van der Waals surface area contributed by atoms with Crippen molar-refractivity contribution in [3.63, 3.8) is 0 Å². The van der Waals surface area contributed by atoms with E-state index in [1.54, 1.807) is 18.2 Å². The summed E-state index contributed by atoms with van der Waals surface area (Å²) in [6.07, 6.45) is 6.62. The van der Waals surface area contributed by atoms with Crippen LogP contribution in [0.5, 0.6) is 0 Å². The van der Waals surface area contributed by atoms with E-state index in [0.29, 0.717) is 27.2 Å². The van der Waals surface area contributed by atoms with Gasteiger partial charge in [-0.25, -0.2) is 9.97 Å². The van der Waals surface area contributed by atoms with Gasteiger partial charge in [-0.3, -0.25) is 4.79 Å². The molecule has 23 heavy (non-hydrogen) atoms. The third-order valence-corrected chi connectivity index (χ3v) is 4.56. The molecule has 7 heteroatoms. The number of nitrogens with zero attached hydrogens (tertiary/aromatic N) is 3. The minimum absolute atomic E-state index is 0.313. The van der Waals surface area contributed by atoms with Gasteiger partial charge in [-0.2, -0.15) is 0 Å². The van der Waals surface area contributed by atoms with Crippen molar-refractivity contribution < 1.29 is 4.79 Å². The van der Waals surface area contributed by atoms with Crippen LogP contribution < -0.4 is 10.2 Å². The van der Waals surface area contributed by atoms with Gasteiger partial charge in [0, 0.05) is 25.5 Å². The first-order chi connectivity index (χ1) is 11.1. The number of amides is 1. The van der Waals surface area contributed by atoms with Crippen molar-refractivity contribution in [2.75, 3.05) is 23.3 Å². The molecule has 0 bridgehead atoms. The van der Waals surface area contributed by atoms with Gasteiger partial charge in [0.15, 0.2) is 0 Å². The highest BCUT2D eigenvalue weighted by Crippen LogP contribution is 2.29. The first-order valence-corrected chi connectivity index (χ1v) is 8.23. The largest absolute Gasteiger partial charge is 0.341 e. The van der Waals surface area contributed by atoms with Crippen LogP contribution in [0, 0.1) is 0 Å². The van der Waals surface area contributed by atoms with Gasteiger partial charge in [0.05, 0.1) is 21.3 Å². The van der Waals surface area contributed by atoms with E-state index in [9.17, 15) is 4.79 Å². The highest BCUT2D eigenvalue weighted by Gasteiger charge is 2.15. The molecule has 3 rings (SSSR count). The second-order valence-corrected chi connectivity index (χ2v) is 6.16. The van der Waals surface area contributed by atoms with Crippen LogP contribution in [0.2, 0.25) is 10.0 Å². The number of rotatable bonds is 3. The van der Waals surface area contributed by atoms with Crippen LogP contribution in [0.3, 0.4) is 0 Å². The highest BCUT2D eigenvalue weighted by molar-refractivity contribution is 6.44. The molecule has 120 valence electrons. The fourth-order valence-electron chi connectivity index (χ4n) is 2.49. The Hall–Kier alpha value is -1.85. The summed E-state index contributed by atoms with van der Waals surface area (Å²) in [5.41, 5.74) is 0.839. The van der Waals surface area contributed by atoms with Crippen LogP contribution in [0.1, 0.15) is 29.6 Å². The minimum Gasteiger partial charge on any atom is -0.341 e. The number of carbonyl (C=O) groups is 1. The summed E-state index contributed by atoms with van der Waals surface area (Å²) < 4.78 is 0. The second kappa shape index (κ2) is 7.15. The molecule has 0 spiro atoms. The molecule has 0 radical (unpaired) electrons. The van der Waals surface area contributed by atoms with Crippen molar-refractivity contribution in [2.24, 2.45) is 0 Å². The molecule has 1 aliphatic rings. The number of nitrogens with one attached hydrogen (secondary N) is 1. The minimum atomic E-state index is -0.320. The van der Waals surface area contributed by atoms with Crippen molar-refractivity contribution >= 4 is 40.7 Å². The molecule has 1 aromatic heterocycles. The smallest absolute Gasteiger partial charge is 0.258 e. The molecule has 0 atom stereocenters. The van der Waals surface area contributed by atoms with E-state index in [1.807, 2.05) is 0 Å². The van der Waals surface area contributed by atoms with Gasteiger partial charge in [-0.15, -0.1) is 0 Å². The van der Waals surface area contributed by atoms with Gasteiger partial charge in [-0.05, 0) is 31.4 Å². The Morgan fingerprint density at radius 2 is 1.78 bits per heavy atom. The molecule has 0 aliphatic carbocycles. The van der Waals surface area contributed by atoms with Gasteiger partial charge in [0.25, 0.3) is 5.91 Å². The van der Waals surface area contributed by atoms with E-state index < -0.39 is 0 Å².